The Morgan fingerprint density at radius 2 is 1.86 bits per heavy atom. The van der Waals surface area contributed by atoms with Gasteiger partial charge in [-0.05, 0) is 44.2 Å². The monoisotopic (exact) mass is 358 g/mol. The Hall–Kier alpha value is -1.01. The summed E-state index contributed by atoms with van der Waals surface area (Å²) in [6.07, 6.45) is 0. The number of halogens is 2. The second-order valence-electron chi connectivity index (χ2n) is 5.42. The number of rotatable bonds is 2. The van der Waals surface area contributed by atoms with Gasteiger partial charge in [0.15, 0.2) is 0 Å². The van der Waals surface area contributed by atoms with E-state index in [1.54, 1.807) is 6.07 Å². The largest absolute Gasteiger partial charge is 0.346 e. The molecule has 0 spiro atoms. The van der Waals surface area contributed by atoms with Crippen molar-refractivity contribution in [3.63, 3.8) is 0 Å². The number of fused-ring (bicyclic) bond motifs is 1. The summed E-state index contributed by atoms with van der Waals surface area (Å²) in [6.45, 7) is 4.96. The predicted molar refractivity (Wildman–Crippen MR) is 87.9 cm³/mol. The van der Waals surface area contributed by atoms with E-state index in [0.717, 1.165) is 11.4 Å². The highest BCUT2D eigenvalue weighted by Crippen LogP contribution is 2.35. The first kappa shape index (κ1) is 15.9. The van der Waals surface area contributed by atoms with Crippen LogP contribution in [0.1, 0.15) is 24.4 Å². The third-order valence-electron chi connectivity index (χ3n) is 4.12. The molecule has 0 aliphatic carbocycles. The van der Waals surface area contributed by atoms with Crippen molar-refractivity contribution >= 4 is 33.2 Å². The Labute approximate surface area is 140 Å². The molecule has 0 saturated carbocycles. The van der Waals surface area contributed by atoms with E-state index in [9.17, 15) is 8.42 Å². The molecule has 0 saturated heterocycles. The summed E-state index contributed by atoms with van der Waals surface area (Å²) in [5.41, 5.74) is 2.13. The number of sulfonamides is 1. The number of aromatic nitrogens is 1. The lowest BCUT2D eigenvalue weighted by Crippen LogP contribution is -2.41. The van der Waals surface area contributed by atoms with Gasteiger partial charge in [0.05, 0.1) is 11.1 Å². The number of hydrogen-bond acceptors (Lipinski definition) is 2. The molecular weight excluding hydrogens is 343 g/mol. The van der Waals surface area contributed by atoms with Gasteiger partial charge < -0.3 is 4.57 Å². The smallest absolute Gasteiger partial charge is 0.245 e. The molecule has 1 aliphatic heterocycles. The number of aryl methyl sites for hydroxylation is 1. The minimum absolute atomic E-state index is 0.0604. The number of nitrogens with zero attached hydrogens (tertiary/aromatic N) is 2. The van der Waals surface area contributed by atoms with E-state index in [0.29, 0.717) is 18.1 Å². The van der Waals surface area contributed by atoms with Crippen LogP contribution in [0.5, 0.6) is 0 Å². The van der Waals surface area contributed by atoms with Crippen molar-refractivity contribution in [2.45, 2.75) is 31.3 Å². The third kappa shape index (κ3) is 2.46. The van der Waals surface area contributed by atoms with Crippen LogP contribution in [-0.2, 0) is 16.6 Å². The van der Waals surface area contributed by atoms with Crippen molar-refractivity contribution < 1.29 is 8.42 Å². The molecule has 0 fully saturated rings. The SMILES string of the molecule is Cc1ccc2n1CCN(S(=O)(=O)c1cc(Cl)ccc1Cl)[C@@H]2C. The Kier molecular flexibility index (Phi) is 4.01. The Morgan fingerprint density at radius 3 is 2.59 bits per heavy atom. The fourth-order valence-electron chi connectivity index (χ4n) is 2.93. The van der Waals surface area contributed by atoms with Crippen molar-refractivity contribution in [2.24, 2.45) is 0 Å². The molecule has 0 radical (unpaired) electrons. The van der Waals surface area contributed by atoms with Gasteiger partial charge in [-0.2, -0.15) is 4.31 Å². The van der Waals surface area contributed by atoms with E-state index in [4.69, 9.17) is 23.2 Å². The van der Waals surface area contributed by atoms with Crippen molar-refractivity contribution in [2.75, 3.05) is 6.54 Å². The summed E-state index contributed by atoms with van der Waals surface area (Å²) in [5.74, 6) is 0. The lowest BCUT2D eigenvalue weighted by molar-refractivity contribution is 0.280. The fraction of sp³-hybridized carbons (Fsp3) is 0.333. The van der Waals surface area contributed by atoms with Crippen LogP contribution in [0.3, 0.4) is 0 Å². The summed E-state index contributed by atoms with van der Waals surface area (Å²) in [4.78, 5) is 0.0604. The lowest BCUT2D eigenvalue weighted by Gasteiger charge is -2.34. The third-order valence-corrected chi connectivity index (χ3v) is 6.80. The second-order valence-corrected chi connectivity index (χ2v) is 8.12. The van der Waals surface area contributed by atoms with E-state index in [-0.39, 0.29) is 16.0 Å². The molecular formula is C15H16Cl2N2O2S. The molecule has 0 amide bonds. The molecule has 2 heterocycles. The average Bonchev–Trinajstić information content (AvgIpc) is 2.84. The molecule has 1 aromatic carbocycles. The summed E-state index contributed by atoms with van der Waals surface area (Å²) >= 11 is 12.0. The maximum atomic E-state index is 13.0. The molecule has 1 aromatic heterocycles. The minimum Gasteiger partial charge on any atom is -0.346 e. The molecule has 0 N–H and O–H groups in total. The lowest BCUT2D eigenvalue weighted by atomic mass is 10.2. The molecule has 0 bridgehead atoms. The van der Waals surface area contributed by atoms with Gasteiger partial charge in [0.1, 0.15) is 4.90 Å². The van der Waals surface area contributed by atoms with Crippen molar-refractivity contribution in [3.8, 4) is 0 Å². The number of hydrogen-bond donors (Lipinski definition) is 0. The first-order valence-corrected chi connectivity index (χ1v) is 9.15. The van der Waals surface area contributed by atoms with Crippen molar-refractivity contribution in [1.82, 2.24) is 8.87 Å². The Bertz CT molecular complexity index is 830. The zero-order valence-electron chi connectivity index (χ0n) is 12.3. The molecule has 0 unspecified atom stereocenters. The van der Waals surface area contributed by atoms with E-state index in [1.807, 2.05) is 26.0 Å². The highest BCUT2D eigenvalue weighted by molar-refractivity contribution is 7.89. The average molecular weight is 359 g/mol. The van der Waals surface area contributed by atoms with Crippen molar-refractivity contribution in [3.05, 3.63) is 51.8 Å². The fourth-order valence-corrected chi connectivity index (χ4v) is 5.27. The zero-order chi connectivity index (χ0) is 16.1. The predicted octanol–water partition coefficient (Wildman–Crippen LogP) is 3.87. The molecule has 118 valence electrons. The summed E-state index contributed by atoms with van der Waals surface area (Å²) in [5, 5.41) is 0.542. The van der Waals surface area contributed by atoms with Crippen LogP contribution in [0.2, 0.25) is 10.0 Å². The summed E-state index contributed by atoms with van der Waals surface area (Å²) in [6, 6.07) is 8.23. The normalized spacial score (nSPS) is 19.2. The van der Waals surface area contributed by atoms with Crippen LogP contribution in [-0.4, -0.2) is 23.8 Å². The molecule has 22 heavy (non-hydrogen) atoms. The second kappa shape index (κ2) is 5.57. The van der Waals surface area contributed by atoms with Gasteiger partial charge in [-0.1, -0.05) is 23.2 Å². The maximum absolute atomic E-state index is 13.0. The van der Waals surface area contributed by atoms with Crippen LogP contribution >= 0.6 is 23.2 Å². The Morgan fingerprint density at radius 1 is 1.14 bits per heavy atom. The zero-order valence-corrected chi connectivity index (χ0v) is 14.6. The molecule has 3 rings (SSSR count). The first-order valence-electron chi connectivity index (χ1n) is 6.95. The highest BCUT2D eigenvalue weighted by Gasteiger charge is 2.35. The van der Waals surface area contributed by atoms with E-state index < -0.39 is 10.0 Å². The van der Waals surface area contributed by atoms with Crippen LogP contribution in [0, 0.1) is 6.92 Å². The van der Waals surface area contributed by atoms with Gasteiger partial charge in [0.25, 0.3) is 0 Å². The summed E-state index contributed by atoms with van der Waals surface area (Å²) < 4.78 is 29.6. The van der Waals surface area contributed by atoms with Crippen LogP contribution < -0.4 is 0 Å². The van der Waals surface area contributed by atoms with Crippen LogP contribution in [0.15, 0.2) is 35.2 Å². The van der Waals surface area contributed by atoms with E-state index >= 15 is 0 Å². The molecule has 2 aromatic rings. The van der Waals surface area contributed by atoms with Gasteiger partial charge in [-0.3, -0.25) is 0 Å². The van der Waals surface area contributed by atoms with Gasteiger partial charge in [0, 0.05) is 29.5 Å². The molecule has 1 aliphatic rings. The quantitative estimate of drug-likeness (QED) is 0.817. The van der Waals surface area contributed by atoms with Crippen molar-refractivity contribution in [1.29, 1.82) is 0 Å². The molecule has 1 atom stereocenters. The number of benzene rings is 1. The molecule has 4 nitrogen and oxygen atoms in total. The van der Waals surface area contributed by atoms with Crippen LogP contribution in [0.4, 0.5) is 0 Å². The first-order chi connectivity index (χ1) is 10.3. The van der Waals surface area contributed by atoms with Gasteiger partial charge in [0.2, 0.25) is 10.0 Å². The summed E-state index contributed by atoms with van der Waals surface area (Å²) in [7, 11) is -3.69. The van der Waals surface area contributed by atoms with Gasteiger partial charge >= 0.3 is 0 Å². The van der Waals surface area contributed by atoms with Gasteiger partial charge in [-0.25, -0.2) is 8.42 Å². The molecule has 7 heteroatoms. The minimum atomic E-state index is -3.69. The van der Waals surface area contributed by atoms with Gasteiger partial charge in [-0.15, -0.1) is 0 Å². The van der Waals surface area contributed by atoms with E-state index in [2.05, 4.69) is 4.57 Å². The highest BCUT2D eigenvalue weighted by atomic mass is 35.5. The maximum Gasteiger partial charge on any atom is 0.245 e. The standard InChI is InChI=1S/C15H16Cl2N2O2S/c1-10-3-6-14-11(2)19(8-7-18(10)14)22(20,21)15-9-12(16)4-5-13(15)17/h3-6,9,11H,7-8H2,1-2H3/t11-/m1/s1. The Balaban J connectivity index is 2.05. The van der Waals surface area contributed by atoms with Crippen LogP contribution in [0.25, 0.3) is 0 Å². The van der Waals surface area contributed by atoms with E-state index in [1.165, 1.54) is 16.4 Å². The topological polar surface area (TPSA) is 42.3 Å².